The van der Waals surface area contributed by atoms with Gasteiger partial charge in [-0.15, -0.1) is 0 Å². The van der Waals surface area contributed by atoms with Gasteiger partial charge in [0.15, 0.2) is 6.61 Å². The average Bonchev–Trinajstić information content (AvgIpc) is 3.01. The predicted molar refractivity (Wildman–Crippen MR) is 103 cm³/mol. The molecular formula is C18H16N2O5S2. The molecule has 27 heavy (non-hydrogen) atoms. The number of ether oxygens (including phenoxy) is 1. The zero-order chi connectivity index (χ0) is 19.4. The number of rotatable bonds is 7. The number of hydrogen-bond acceptors (Lipinski definition) is 6. The summed E-state index contributed by atoms with van der Waals surface area (Å²) in [6, 6.07) is 15.0. The molecule has 0 amide bonds. The molecule has 1 aromatic heterocycles. The minimum atomic E-state index is -3.80. The topological polar surface area (TPSA) is 106 Å². The number of benzene rings is 2. The van der Waals surface area contributed by atoms with E-state index in [0.717, 1.165) is 10.6 Å². The molecule has 0 atom stereocenters. The Bertz CT molecular complexity index is 1050. The van der Waals surface area contributed by atoms with Crippen LogP contribution in [0.15, 0.2) is 59.5 Å². The Morgan fingerprint density at radius 1 is 1.15 bits per heavy atom. The van der Waals surface area contributed by atoms with Crippen molar-refractivity contribution < 1.29 is 23.1 Å². The minimum absolute atomic E-state index is 0.0410. The monoisotopic (exact) mass is 404 g/mol. The van der Waals surface area contributed by atoms with Crippen molar-refractivity contribution in [3.63, 3.8) is 0 Å². The van der Waals surface area contributed by atoms with Crippen LogP contribution in [0.3, 0.4) is 0 Å². The number of aliphatic carboxylic acids is 1. The first-order valence-corrected chi connectivity index (χ1v) is 10.2. The van der Waals surface area contributed by atoms with Gasteiger partial charge in [0.25, 0.3) is 10.0 Å². The number of hydrogen-bond donors (Lipinski definition) is 2. The van der Waals surface area contributed by atoms with Crippen LogP contribution in [0.4, 0.5) is 5.00 Å². The third-order valence-corrected chi connectivity index (χ3v) is 6.16. The van der Waals surface area contributed by atoms with Gasteiger partial charge in [0.05, 0.1) is 10.6 Å². The number of thiazole rings is 1. The maximum Gasteiger partial charge on any atom is 0.341 e. The predicted octanol–water partition coefficient (Wildman–Crippen LogP) is 3.38. The van der Waals surface area contributed by atoms with E-state index in [0.29, 0.717) is 10.7 Å². The molecule has 3 aromatic rings. The van der Waals surface area contributed by atoms with Crippen molar-refractivity contribution in [2.75, 3.05) is 11.3 Å². The molecule has 0 aliphatic rings. The molecule has 0 unspecified atom stereocenters. The highest BCUT2D eigenvalue weighted by molar-refractivity contribution is 7.93. The number of sulfonamides is 1. The SMILES string of the molecule is Cc1nc(-c2ccccc2)sc1NS(=O)(=O)c1ccc(OCC(=O)O)cc1. The summed E-state index contributed by atoms with van der Waals surface area (Å²) in [5, 5.41) is 9.77. The standard InChI is InChI=1S/C18H16N2O5S2/c1-12-17(26-18(19-12)13-5-3-2-4-6-13)20-27(23,24)15-9-7-14(8-10-15)25-11-16(21)22/h2-10,20H,11H2,1H3,(H,21,22). The molecule has 2 aromatic carbocycles. The number of aromatic nitrogens is 1. The van der Waals surface area contributed by atoms with E-state index in [4.69, 9.17) is 9.84 Å². The quantitative estimate of drug-likeness (QED) is 0.625. The molecule has 0 fully saturated rings. The molecule has 0 saturated heterocycles. The zero-order valence-electron chi connectivity index (χ0n) is 14.2. The smallest absolute Gasteiger partial charge is 0.341 e. The Hall–Kier alpha value is -2.91. The first-order valence-electron chi connectivity index (χ1n) is 7.85. The van der Waals surface area contributed by atoms with E-state index >= 15 is 0 Å². The van der Waals surface area contributed by atoms with Crippen molar-refractivity contribution in [1.82, 2.24) is 4.98 Å². The number of carbonyl (C=O) groups is 1. The lowest BCUT2D eigenvalue weighted by atomic mass is 10.2. The van der Waals surface area contributed by atoms with Crippen LogP contribution in [0.1, 0.15) is 5.69 Å². The maximum atomic E-state index is 12.6. The molecule has 0 bridgehead atoms. The van der Waals surface area contributed by atoms with Gasteiger partial charge in [-0.2, -0.15) is 0 Å². The molecule has 0 saturated carbocycles. The summed E-state index contributed by atoms with van der Waals surface area (Å²) in [5.74, 6) is -0.833. The normalized spacial score (nSPS) is 11.1. The van der Waals surface area contributed by atoms with Crippen molar-refractivity contribution in [3.8, 4) is 16.3 Å². The van der Waals surface area contributed by atoms with Crippen LogP contribution in [0.2, 0.25) is 0 Å². The summed E-state index contributed by atoms with van der Waals surface area (Å²) in [4.78, 5) is 15.0. The van der Waals surface area contributed by atoms with E-state index < -0.39 is 22.6 Å². The summed E-state index contributed by atoms with van der Waals surface area (Å²) in [5.41, 5.74) is 1.50. The largest absolute Gasteiger partial charge is 0.482 e. The van der Waals surface area contributed by atoms with E-state index in [9.17, 15) is 13.2 Å². The Balaban J connectivity index is 1.78. The van der Waals surface area contributed by atoms with E-state index in [1.165, 1.54) is 35.6 Å². The molecule has 0 aliphatic heterocycles. The highest BCUT2D eigenvalue weighted by Gasteiger charge is 2.18. The van der Waals surface area contributed by atoms with Crippen LogP contribution in [-0.4, -0.2) is 31.1 Å². The van der Waals surface area contributed by atoms with E-state index in [1.807, 2.05) is 30.3 Å². The van der Waals surface area contributed by atoms with Crippen LogP contribution >= 0.6 is 11.3 Å². The van der Waals surface area contributed by atoms with Gasteiger partial charge in [-0.1, -0.05) is 41.7 Å². The van der Waals surface area contributed by atoms with Gasteiger partial charge in [0, 0.05) is 5.56 Å². The van der Waals surface area contributed by atoms with Crippen LogP contribution in [0, 0.1) is 6.92 Å². The third-order valence-electron chi connectivity index (χ3n) is 3.54. The molecular weight excluding hydrogens is 388 g/mol. The second-order valence-corrected chi connectivity index (χ2v) is 8.24. The van der Waals surface area contributed by atoms with Crippen LogP contribution < -0.4 is 9.46 Å². The van der Waals surface area contributed by atoms with Gasteiger partial charge in [-0.05, 0) is 31.2 Å². The first kappa shape index (κ1) is 18.9. The Morgan fingerprint density at radius 3 is 2.44 bits per heavy atom. The highest BCUT2D eigenvalue weighted by atomic mass is 32.2. The van der Waals surface area contributed by atoms with Gasteiger partial charge in [0.2, 0.25) is 0 Å². The van der Waals surface area contributed by atoms with Gasteiger partial charge in [-0.3, -0.25) is 4.72 Å². The van der Waals surface area contributed by atoms with Crippen molar-refractivity contribution in [2.45, 2.75) is 11.8 Å². The fraction of sp³-hybridized carbons (Fsp3) is 0.111. The average molecular weight is 404 g/mol. The molecule has 7 nitrogen and oxygen atoms in total. The number of anilines is 1. The van der Waals surface area contributed by atoms with E-state index in [1.54, 1.807) is 6.92 Å². The van der Waals surface area contributed by atoms with Crippen LogP contribution in [0.25, 0.3) is 10.6 Å². The molecule has 0 aliphatic carbocycles. The molecule has 1 heterocycles. The zero-order valence-corrected chi connectivity index (χ0v) is 15.9. The van der Waals surface area contributed by atoms with Crippen LogP contribution in [-0.2, 0) is 14.8 Å². The van der Waals surface area contributed by atoms with Gasteiger partial charge in [-0.25, -0.2) is 18.2 Å². The fourth-order valence-corrected chi connectivity index (χ4v) is 4.56. The van der Waals surface area contributed by atoms with Gasteiger partial charge < -0.3 is 9.84 Å². The second-order valence-electron chi connectivity index (χ2n) is 5.56. The maximum absolute atomic E-state index is 12.6. The van der Waals surface area contributed by atoms with Gasteiger partial charge in [0.1, 0.15) is 15.8 Å². The lowest BCUT2D eigenvalue weighted by molar-refractivity contribution is -0.139. The summed E-state index contributed by atoms with van der Waals surface area (Å²) in [6.07, 6.45) is 0. The molecule has 0 radical (unpaired) electrons. The molecule has 2 N–H and O–H groups in total. The summed E-state index contributed by atoms with van der Waals surface area (Å²) < 4.78 is 32.8. The van der Waals surface area contributed by atoms with Crippen molar-refractivity contribution >= 4 is 32.3 Å². The van der Waals surface area contributed by atoms with Crippen molar-refractivity contribution in [2.24, 2.45) is 0 Å². The number of carboxylic acids is 1. The Morgan fingerprint density at radius 2 is 1.81 bits per heavy atom. The third kappa shape index (κ3) is 4.63. The van der Waals surface area contributed by atoms with E-state index in [-0.39, 0.29) is 10.6 Å². The number of nitrogens with zero attached hydrogens (tertiary/aromatic N) is 1. The molecule has 140 valence electrons. The summed E-state index contributed by atoms with van der Waals surface area (Å²) in [7, 11) is -3.80. The van der Waals surface area contributed by atoms with E-state index in [2.05, 4.69) is 9.71 Å². The second kappa shape index (κ2) is 7.77. The summed E-state index contributed by atoms with van der Waals surface area (Å²) >= 11 is 1.26. The molecule has 3 rings (SSSR count). The Kier molecular flexibility index (Phi) is 5.43. The number of nitrogens with one attached hydrogen (secondary N) is 1. The first-order chi connectivity index (χ1) is 12.8. The summed E-state index contributed by atoms with van der Waals surface area (Å²) in [6.45, 7) is 1.25. The lowest BCUT2D eigenvalue weighted by Crippen LogP contribution is -2.13. The lowest BCUT2D eigenvalue weighted by Gasteiger charge is -2.08. The van der Waals surface area contributed by atoms with Crippen molar-refractivity contribution in [1.29, 1.82) is 0 Å². The van der Waals surface area contributed by atoms with Crippen molar-refractivity contribution in [3.05, 3.63) is 60.3 Å². The highest BCUT2D eigenvalue weighted by Crippen LogP contribution is 2.33. The number of carboxylic acid groups (broad SMARTS) is 1. The minimum Gasteiger partial charge on any atom is -0.482 e. The fourth-order valence-electron chi connectivity index (χ4n) is 2.24. The van der Waals surface area contributed by atoms with Crippen LogP contribution in [0.5, 0.6) is 5.75 Å². The number of aryl methyl sites for hydroxylation is 1. The Labute approximate surface area is 160 Å². The molecule has 9 heteroatoms. The molecule has 0 spiro atoms. The van der Waals surface area contributed by atoms with Gasteiger partial charge >= 0.3 is 5.97 Å².